The van der Waals surface area contributed by atoms with E-state index >= 15 is 0 Å². The normalized spacial score (nSPS) is 12.3. The van der Waals surface area contributed by atoms with Gasteiger partial charge in [0, 0.05) is 50.5 Å². The molecular formula is C11H15O8S3Y-. The zero-order chi connectivity index (χ0) is 17.3. The summed E-state index contributed by atoms with van der Waals surface area (Å²) in [4.78, 5) is 0. The molecule has 0 fully saturated rings. The third-order valence-electron chi connectivity index (χ3n) is 2.26. The van der Waals surface area contributed by atoms with E-state index in [0.29, 0.717) is 0 Å². The van der Waals surface area contributed by atoms with Gasteiger partial charge < -0.3 is 8.37 Å². The fraction of sp³-hybridized carbons (Fsp3) is 0.455. The summed E-state index contributed by atoms with van der Waals surface area (Å²) >= 11 is 0. The SMILES string of the molecule is Cc1c(OS(C)(=O)=O)[c-]c(OS(C)(=O)=O)cc1CS(C)(=O)=O.[Y]. The van der Waals surface area contributed by atoms with Crippen molar-refractivity contribution < 1.29 is 66.3 Å². The van der Waals surface area contributed by atoms with Crippen LogP contribution in [0.5, 0.6) is 11.5 Å². The largest absolute Gasteiger partial charge is 0.410 e. The van der Waals surface area contributed by atoms with Crippen LogP contribution in [-0.2, 0) is 68.5 Å². The maximum absolute atomic E-state index is 11.4. The van der Waals surface area contributed by atoms with Crippen molar-refractivity contribution in [1.82, 2.24) is 0 Å². The van der Waals surface area contributed by atoms with E-state index in [-0.39, 0.29) is 55.3 Å². The topological polar surface area (TPSA) is 121 Å². The van der Waals surface area contributed by atoms with Crippen molar-refractivity contribution in [3.63, 3.8) is 0 Å². The molecule has 1 aromatic carbocycles. The van der Waals surface area contributed by atoms with Crippen molar-refractivity contribution in [3.8, 4) is 11.5 Å². The van der Waals surface area contributed by atoms with E-state index in [1.54, 1.807) is 0 Å². The molecule has 8 nitrogen and oxygen atoms in total. The van der Waals surface area contributed by atoms with Crippen molar-refractivity contribution in [2.75, 3.05) is 18.8 Å². The zero-order valence-corrected chi connectivity index (χ0v) is 18.1. The molecule has 129 valence electrons. The summed E-state index contributed by atoms with van der Waals surface area (Å²) in [6.45, 7) is 1.43. The summed E-state index contributed by atoms with van der Waals surface area (Å²) in [6.07, 6.45) is 2.56. The Morgan fingerprint density at radius 3 is 1.83 bits per heavy atom. The molecule has 0 unspecified atom stereocenters. The first-order chi connectivity index (χ1) is 9.66. The van der Waals surface area contributed by atoms with Crippen LogP contribution in [0.15, 0.2) is 6.07 Å². The molecule has 0 aliphatic carbocycles. The van der Waals surface area contributed by atoms with E-state index in [4.69, 9.17) is 0 Å². The molecule has 12 heteroatoms. The molecule has 0 saturated carbocycles. The van der Waals surface area contributed by atoms with Gasteiger partial charge in [-0.1, -0.05) is 13.0 Å². The fourth-order valence-corrected chi connectivity index (χ4v) is 3.28. The molecule has 23 heavy (non-hydrogen) atoms. The Hall–Kier alpha value is -0.226. The Labute approximate surface area is 161 Å². The molecule has 0 bridgehead atoms. The molecule has 0 amide bonds. The Morgan fingerprint density at radius 1 is 0.957 bits per heavy atom. The summed E-state index contributed by atoms with van der Waals surface area (Å²) in [7, 11) is -11.2. The maximum Gasteiger partial charge on any atom is 0.304 e. The summed E-state index contributed by atoms with van der Waals surface area (Å²) in [6, 6.07) is 3.51. The van der Waals surface area contributed by atoms with Crippen LogP contribution in [0.25, 0.3) is 0 Å². The van der Waals surface area contributed by atoms with E-state index < -0.39 is 35.8 Å². The molecule has 0 aliphatic rings. The van der Waals surface area contributed by atoms with E-state index in [9.17, 15) is 25.3 Å². The quantitative estimate of drug-likeness (QED) is 0.430. The average Bonchev–Trinajstić information content (AvgIpc) is 2.18. The molecular weight excluding hydrogens is 445 g/mol. The Morgan fingerprint density at radius 2 is 1.43 bits per heavy atom. The van der Waals surface area contributed by atoms with Crippen molar-refractivity contribution in [2.24, 2.45) is 0 Å². The summed E-state index contributed by atoms with van der Waals surface area (Å²) < 4.78 is 76.9. The molecule has 1 radical (unpaired) electrons. The number of hydrogen-bond acceptors (Lipinski definition) is 8. The molecule has 1 rings (SSSR count). The Bertz CT molecular complexity index is 830. The third kappa shape index (κ3) is 8.99. The number of sulfone groups is 1. The predicted octanol–water partition coefficient (Wildman–Crippen LogP) is 0.0141. The minimum absolute atomic E-state index is 0. The van der Waals surface area contributed by atoms with E-state index in [2.05, 4.69) is 14.4 Å². The van der Waals surface area contributed by atoms with Gasteiger partial charge >= 0.3 is 20.2 Å². The summed E-state index contributed by atoms with van der Waals surface area (Å²) in [5.41, 5.74) is 0.357. The minimum atomic E-state index is -3.91. The predicted molar refractivity (Wildman–Crippen MR) is 79.5 cm³/mol. The Kier molecular flexibility index (Phi) is 7.69. The molecule has 0 atom stereocenters. The van der Waals surface area contributed by atoms with Crippen LogP contribution in [-0.4, -0.2) is 44.0 Å². The number of rotatable bonds is 6. The minimum Gasteiger partial charge on any atom is -0.410 e. The van der Waals surface area contributed by atoms with Crippen LogP contribution in [0, 0.1) is 13.0 Å². The van der Waals surface area contributed by atoms with Crippen molar-refractivity contribution in [1.29, 1.82) is 0 Å². The van der Waals surface area contributed by atoms with Crippen LogP contribution in [0.3, 0.4) is 0 Å². The molecule has 1 aromatic rings. The zero-order valence-electron chi connectivity index (χ0n) is 12.9. The maximum atomic E-state index is 11.4. The number of hydrogen-bond donors (Lipinski definition) is 0. The first kappa shape index (κ1) is 22.8. The van der Waals surface area contributed by atoms with Gasteiger partial charge in [-0.15, -0.1) is 17.2 Å². The van der Waals surface area contributed by atoms with Crippen molar-refractivity contribution >= 4 is 30.1 Å². The first-order valence-electron chi connectivity index (χ1n) is 5.69. The van der Waals surface area contributed by atoms with Crippen molar-refractivity contribution in [2.45, 2.75) is 12.7 Å². The smallest absolute Gasteiger partial charge is 0.304 e. The van der Waals surface area contributed by atoms with E-state index in [1.807, 2.05) is 0 Å². The molecule has 0 aliphatic heterocycles. The van der Waals surface area contributed by atoms with Gasteiger partial charge in [-0.25, -0.2) is 8.42 Å². The van der Waals surface area contributed by atoms with Gasteiger partial charge in [0.25, 0.3) is 0 Å². The van der Waals surface area contributed by atoms with Crippen LogP contribution < -0.4 is 8.37 Å². The van der Waals surface area contributed by atoms with Crippen LogP contribution in [0.1, 0.15) is 11.1 Å². The molecule has 0 heterocycles. The van der Waals surface area contributed by atoms with E-state index in [0.717, 1.165) is 24.8 Å². The fourth-order valence-electron chi connectivity index (χ4n) is 1.53. The van der Waals surface area contributed by atoms with Crippen molar-refractivity contribution in [3.05, 3.63) is 23.3 Å². The third-order valence-corrected chi connectivity index (χ3v) is 4.04. The molecule has 0 N–H and O–H groups in total. The average molecular weight is 460 g/mol. The summed E-state index contributed by atoms with van der Waals surface area (Å²) in [5.74, 6) is -1.11. The first-order valence-corrected chi connectivity index (χ1v) is 11.4. The second kappa shape index (κ2) is 7.77. The van der Waals surface area contributed by atoms with Crippen LogP contribution in [0.4, 0.5) is 0 Å². The molecule has 0 spiro atoms. The molecule has 0 aromatic heterocycles. The van der Waals surface area contributed by atoms with Gasteiger partial charge in [-0.2, -0.15) is 16.8 Å². The standard InChI is InChI=1S/C11H15O8S3.Y/c1-8-9(7-20(2,12)13)5-10(18-21(3,14)15)6-11(8)19-22(4,16)17;/h5H,7H2,1-4H3;/q-1;. The summed E-state index contributed by atoms with van der Waals surface area (Å²) in [5, 5.41) is 0. The second-order valence-corrected chi connectivity index (χ2v) is 10.0. The second-order valence-electron chi connectivity index (χ2n) is 4.76. The van der Waals surface area contributed by atoms with Crippen LogP contribution in [0.2, 0.25) is 0 Å². The monoisotopic (exact) mass is 460 g/mol. The van der Waals surface area contributed by atoms with E-state index in [1.165, 1.54) is 6.92 Å². The Balaban J connectivity index is 0.00000484. The van der Waals surface area contributed by atoms with Gasteiger partial charge in [-0.3, -0.25) is 0 Å². The van der Waals surface area contributed by atoms with Gasteiger partial charge in [0.05, 0.1) is 18.3 Å². The molecule has 0 saturated heterocycles. The van der Waals surface area contributed by atoms with Gasteiger partial charge in [0.1, 0.15) is 9.84 Å². The number of benzene rings is 1. The van der Waals surface area contributed by atoms with Gasteiger partial charge in [-0.05, 0) is 0 Å². The van der Waals surface area contributed by atoms with Gasteiger partial charge in [0.2, 0.25) is 0 Å². The van der Waals surface area contributed by atoms with Gasteiger partial charge in [0.15, 0.2) is 0 Å². The van der Waals surface area contributed by atoms with Crippen LogP contribution >= 0.6 is 0 Å².